The second-order valence-corrected chi connectivity index (χ2v) is 12.1. The van der Waals surface area contributed by atoms with Gasteiger partial charge in [-0.1, -0.05) is 54.9 Å². The topological polar surface area (TPSA) is 55.8 Å². The molecule has 5 atom stereocenters. The zero-order chi connectivity index (χ0) is 21.2. The minimum atomic E-state index is -0.798. The molecule has 4 rings (SSSR count). The van der Waals surface area contributed by atoms with Crippen LogP contribution in [0.25, 0.3) is 0 Å². The predicted molar refractivity (Wildman–Crippen MR) is 111 cm³/mol. The number of ether oxygens (including phenoxy) is 2. The van der Waals surface area contributed by atoms with Crippen LogP contribution in [0.1, 0.15) is 87.5 Å². The Hall–Kier alpha value is -0.610. The monoisotopic (exact) mass is 394 g/mol. The minimum absolute atomic E-state index is 0.0112. The SMILES string of the molecule is CCC(C)(C)CC1(C(=O)OCCOC2C[C@@H]3C[C@@H](C3(C)C)[C@]2(C)O)CC1(C)C. The van der Waals surface area contributed by atoms with Gasteiger partial charge < -0.3 is 14.6 Å². The summed E-state index contributed by atoms with van der Waals surface area (Å²) >= 11 is 0. The van der Waals surface area contributed by atoms with Crippen LogP contribution in [0.4, 0.5) is 0 Å². The molecule has 4 heteroatoms. The third kappa shape index (κ3) is 3.43. The van der Waals surface area contributed by atoms with Crippen molar-refractivity contribution in [2.45, 2.75) is 99.2 Å². The molecule has 4 fully saturated rings. The van der Waals surface area contributed by atoms with Gasteiger partial charge in [0.25, 0.3) is 0 Å². The van der Waals surface area contributed by atoms with Crippen molar-refractivity contribution >= 4 is 5.97 Å². The van der Waals surface area contributed by atoms with E-state index >= 15 is 0 Å². The summed E-state index contributed by atoms with van der Waals surface area (Å²) in [6.07, 6.45) is 4.66. The first-order valence-corrected chi connectivity index (χ1v) is 11.2. The molecule has 162 valence electrons. The van der Waals surface area contributed by atoms with Crippen LogP contribution >= 0.6 is 0 Å². The van der Waals surface area contributed by atoms with Crippen LogP contribution in [0.2, 0.25) is 0 Å². The normalized spacial score (nSPS) is 40.5. The van der Waals surface area contributed by atoms with Gasteiger partial charge in [-0.2, -0.15) is 0 Å². The van der Waals surface area contributed by atoms with E-state index in [0.717, 1.165) is 32.1 Å². The van der Waals surface area contributed by atoms with E-state index in [9.17, 15) is 9.90 Å². The van der Waals surface area contributed by atoms with Crippen molar-refractivity contribution in [3.63, 3.8) is 0 Å². The van der Waals surface area contributed by atoms with Gasteiger partial charge in [-0.3, -0.25) is 4.79 Å². The maximum Gasteiger partial charge on any atom is 0.312 e. The largest absolute Gasteiger partial charge is 0.463 e. The number of hydrogen-bond acceptors (Lipinski definition) is 4. The molecular formula is C24H42O4. The number of esters is 1. The molecular weight excluding hydrogens is 352 g/mol. The van der Waals surface area contributed by atoms with Crippen LogP contribution < -0.4 is 0 Å². The molecule has 1 N–H and O–H groups in total. The maximum absolute atomic E-state index is 12.9. The number of carbonyl (C=O) groups excluding carboxylic acids is 1. The van der Waals surface area contributed by atoms with Crippen LogP contribution in [-0.2, 0) is 14.3 Å². The lowest BCUT2D eigenvalue weighted by Crippen LogP contribution is -2.67. The van der Waals surface area contributed by atoms with E-state index in [-0.39, 0.29) is 46.3 Å². The molecule has 0 saturated heterocycles. The zero-order valence-electron chi connectivity index (χ0n) is 19.4. The van der Waals surface area contributed by atoms with Crippen LogP contribution in [0.5, 0.6) is 0 Å². The van der Waals surface area contributed by atoms with Gasteiger partial charge in [0.15, 0.2) is 0 Å². The highest BCUT2D eigenvalue weighted by molar-refractivity contribution is 5.81. The van der Waals surface area contributed by atoms with E-state index in [2.05, 4.69) is 48.5 Å². The Balaban J connectivity index is 1.50. The minimum Gasteiger partial charge on any atom is -0.463 e. The fourth-order valence-electron chi connectivity index (χ4n) is 6.20. The van der Waals surface area contributed by atoms with Gasteiger partial charge in [-0.05, 0) is 60.7 Å². The molecule has 28 heavy (non-hydrogen) atoms. The van der Waals surface area contributed by atoms with E-state index in [1.165, 1.54) is 0 Å². The van der Waals surface area contributed by atoms with Crippen LogP contribution in [0.3, 0.4) is 0 Å². The average molecular weight is 395 g/mol. The zero-order valence-corrected chi connectivity index (χ0v) is 19.4. The van der Waals surface area contributed by atoms with Crippen molar-refractivity contribution in [2.75, 3.05) is 13.2 Å². The number of aliphatic hydroxyl groups is 1. The molecule has 2 unspecified atom stereocenters. The van der Waals surface area contributed by atoms with Gasteiger partial charge in [0.05, 0.1) is 23.7 Å². The Kier molecular flexibility index (Phi) is 5.28. The van der Waals surface area contributed by atoms with Crippen molar-refractivity contribution in [1.29, 1.82) is 0 Å². The van der Waals surface area contributed by atoms with Crippen molar-refractivity contribution < 1.29 is 19.4 Å². The Bertz CT molecular complexity index is 618. The van der Waals surface area contributed by atoms with E-state index in [0.29, 0.717) is 12.5 Å². The standard InChI is InChI=1S/C24H42O4/c1-9-20(2,3)14-24(15-21(24,4)5)19(25)28-11-10-27-18-13-16-12-17(22(16,6)7)23(18,8)26/h16-18,26H,9-15H2,1-8H3/t16-,17-,18?,23-,24?/m0/s1. The third-order valence-corrected chi connectivity index (χ3v) is 9.00. The first kappa shape index (κ1) is 22.1. The molecule has 4 nitrogen and oxygen atoms in total. The Morgan fingerprint density at radius 3 is 2.18 bits per heavy atom. The molecule has 4 aliphatic carbocycles. The van der Waals surface area contributed by atoms with Crippen molar-refractivity contribution in [3.05, 3.63) is 0 Å². The summed E-state index contributed by atoms with van der Waals surface area (Å²) in [7, 11) is 0. The molecule has 0 spiro atoms. The lowest BCUT2D eigenvalue weighted by atomic mass is 9.43. The number of hydrogen-bond donors (Lipinski definition) is 1. The van der Waals surface area contributed by atoms with E-state index in [1.807, 2.05) is 6.92 Å². The van der Waals surface area contributed by atoms with Crippen LogP contribution in [0.15, 0.2) is 0 Å². The predicted octanol–water partition coefficient (Wildman–Crippen LogP) is 4.97. The number of fused-ring (bicyclic) bond motifs is 2. The Labute approximate surface area is 171 Å². The van der Waals surface area contributed by atoms with E-state index < -0.39 is 5.60 Å². The van der Waals surface area contributed by atoms with Gasteiger partial charge >= 0.3 is 5.97 Å². The highest BCUT2D eigenvalue weighted by atomic mass is 16.6. The van der Waals surface area contributed by atoms with Gasteiger partial charge in [0.2, 0.25) is 0 Å². The Morgan fingerprint density at radius 1 is 1.11 bits per heavy atom. The van der Waals surface area contributed by atoms with E-state index in [1.54, 1.807) is 0 Å². The molecule has 4 aliphatic rings. The molecule has 0 aromatic carbocycles. The summed E-state index contributed by atoms with van der Waals surface area (Å²) in [4.78, 5) is 12.9. The van der Waals surface area contributed by atoms with Crippen LogP contribution in [0, 0.1) is 33.5 Å². The molecule has 0 amide bonds. The van der Waals surface area contributed by atoms with Crippen molar-refractivity contribution in [3.8, 4) is 0 Å². The fourth-order valence-corrected chi connectivity index (χ4v) is 6.20. The summed E-state index contributed by atoms with van der Waals surface area (Å²) < 4.78 is 11.7. The summed E-state index contributed by atoms with van der Waals surface area (Å²) in [5.74, 6) is 0.845. The summed E-state index contributed by atoms with van der Waals surface area (Å²) in [5, 5.41) is 11.0. The lowest BCUT2D eigenvalue weighted by Gasteiger charge is -2.64. The molecule has 4 saturated carbocycles. The lowest BCUT2D eigenvalue weighted by molar-refractivity contribution is -0.258. The van der Waals surface area contributed by atoms with Crippen LogP contribution in [-0.4, -0.2) is 36.0 Å². The summed E-state index contributed by atoms with van der Waals surface area (Å²) in [6.45, 7) is 18.1. The highest BCUT2D eigenvalue weighted by Crippen LogP contribution is 2.68. The van der Waals surface area contributed by atoms with E-state index in [4.69, 9.17) is 9.47 Å². The van der Waals surface area contributed by atoms with Gasteiger partial charge in [-0.15, -0.1) is 0 Å². The van der Waals surface area contributed by atoms with Crippen molar-refractivity contribution in [1.82, 2.24) is 0 Å². The molecule has 0 aliphatic heterocycles. The molecule has 0 aromatic heterocycles. The molecule has 0 heterocycles. The maximum atomic E-state index is 12.9. The van der Waals surface area contributed by atoms with Gasteiger partial charge in [0, 0.05) is 0 Å². The summed E-state index contributed by atoms with van der Waals surface area (Å²) in [5.41, 5.74) is -0.803. The molecule has 2 bridgehead atoms. The van der Waals surface area contributed by atoms with Gasteiger partial charge in [0.1, 0.15) is 6.61 Å². The third-order valence-electron chi connectivity index (χ3n) is 9.00. The molecule has 0 aromatic rings. The first-order chi connectivity index (χ1) is 12.7. The highest BCUT2D eigenvalue weighted by Gasteiger charge is 2.68. The second-order valence-electron chi connectivity index (χ2n) is 12.1. The summed E-state index contributed by atoms with van der Waals surface area (Å²) in [6, 6.07) is 0. The second kappa shape index (κ2) is 6.70. The first-order valence-electron chi connectivity index (χ1n) is 11.2. The van der Waals surface area contributed by atoms with Crippen molar-refractivity contribution in [2.24, 2.45) is 33.5 Å². The smallest absolute Gasteiger partial charge is 0.312 e. The quantitative estimate of drug-likeness (QED) is 0.466. The number of carbonyl (C=O) groups is 1. The Morgan fingerprint density at radius 2 is 1.71 bits per heavy atom. The molecule has 0 radical (unpaired) electrons. The van der Waals surface area contributed by atoms with Gasteiger partial charge in [-0.25, -0.2) is 0 Å². The number of rotatable bonds is 8. The average Bonchev–Trinajstić information content (AvgIpc) is 3.12. The fraction of sp³-hybridized carbons (Fsp3) is 0.958.